The third-order valence-corrected chi connectivity index (χ3v) is 5.81. The minimum absolute atomic E-state index is 0.0923. The van der Waals surface area contributed by atoms with Gasteiger partial charge in [-0.2, -0.15) is 0 Å². The van der Waals surface area contributed by atoms with Crippen molar-refractivity contribution in [1.82, 2.24) is 14.5 Å². The van der Waals surface area contributed by atoms with Gasteiger partial charge in [0.05, 0.1) is 22.5 Å². The van der Waals surface area contributed by atoms with Crippen molar-refractivity contribution in [1.29, 1.82) is 0 Å². The number of unbranched alkanes of at least 4 members (excludes halogenated alkanes) is 1. The first-order valence-electron chi connectivity index (χ1n) is 9.53. The Hall–Kier alpha value is -1.85. The van der Waals surface area contributed by atoms with Crippen LogP contribution < -0.4 is 0 Å². The Balaban J connectivity index is 1.95. The molecule has 27 heavy (non-hydrogen) atoms. The Morgan fingerprint density at radius 2 is 2.04 bits per heavy atom. The molecule has 0 spiro atoms. The van der Waals surface area contributed by atoms with Crippen LogP contribution in [0.2, 0.25) is 5.02 Å². The maximum atomic E-state index is 13.1. The number of fused-ring (bicyclic) bond motifs is 1. The molecule has 0 aliphatic rings. The Kier molecular flexibility index (Phi) is 6.55. The van der Waals surface area contributed by atoms with E-state index in [0.717, 1.165) is 59.0 Å². The van der Waals surface area contributed by atoms with Gasteiger partial charge in [0.15, 0.2) is 0 Å². The molecular formula is C21H26ClN3OS. The highest BCUT2D eigenvalue weighted by Crippen LogP contribution is 2.24. The van der Waals surface area contributed by atoms with Crippen LogP contribution in [0, 0.1) is 6.92 Å². The van der Waals surface area contributed by atoms with Crippen LogP contribution in [0.3, 0.4) is 0 Å². The van der Waals surface area contributed by atoms with Gasteiger partial charge in [0.25, 0.3) is 5.91 Å². The molecule has 0 saturated heterocycles. The lowest BCUT2D eigenvalue weighted by atomic mass is 10.3. The minimum atomic E-state index is 0.0923. The number of aryl methyl sites for hydroxylation is 2. The van der Waals surface area contributed by atoms with Crippen molar-refractivity contribution in [3.63, 3.8) is 0 Å². The van der Waals surface area contributed by atoms with Crippen LogP contribution >= 0.6 is 22.9 Å². The fourth-order valence-corrected chi connectivity index (χ4v) is 4.22. The molecular weight excluding hydrogens is 378 g/mol. The molecule has 0 aliphatic heterocycles. The number of benzene rings is 1. The van der Waals surface area contributed by atoms with Gasteiger partial charge in [-0.3, -0.25) is 4.79 Å². The fraction of sp³-hybridized carbons (Fsp3) is 0.429. The molecule has 0 radical (unpaired) electrons. The molecule has 144 valence electrons. The van der Waals surface area contributed by atoms with Gasteiger partial charge < -0.3 is 9.47 Å². The van der Waals surface area contributed by atoms with E-state index in [1.807, 2.05) is 42.2 Å². The summed E-state index contributed by atoms with van der Waals surface area (Å²) in [4.78, 5) is 21.8. The van der Waals surface area contributed by atoms with Gasteiger partial charge in [-0.1, -0.05) is 31.9 Å². The summed E-state index contributed by atoms with van der Waals surface area (Å²) in [5.74, 6) is 1.02. The zero-order chi connectivity index (χ0) is 19.4. The van der Waals surface area contributed by atoms with Crippen molar-refractivity contribution in [2.75, 3.05) is 6.54 Å². The zero-order valence-electron chi connectivity index (χ0n) is 16.2. The van der Waals surface area contributed by atoms with Crippen LogP contribution in [0.25, 0.3) is 11.0 Å². The number of rotatable bonds is 8. The van der Waals surface area contributed by atoms with Crippen molar-refractivity contribution in [2.45, 2.75) is 53.1 Å². The van der Waals surface area contributed by atoms with Crippen LogP contribution in [-0.4, -0.2) is 26.9 Å². The third kappa shape index (κ3) is 4.53. The molecule has 0 N–H and O–H groups in total. The second kappa shape index (κ2) is 8.89. The van der Waals surface area contributed by atoms with Gasteiger partial charge in [-0.15, -0.1) is 11.3 Å². The van der Waals surface area contributed by atoms with E-state index < -0.39 is 0 Å². The first-order chi connectivity index (χ1) is 13.0. The highest BCUT2D eigenvalue weighted by Gasteiger charge is 2.21. The number of amides is 1. The molecule has 0 aliphatic carbocycles. The SMILES string of the molecule is CCCCN(Cc1nc2ccc(Cl)cc2n1CCC)C(=O)c1ccc(C)s1. The number of nitrogens with zero attached hydrogens (tertiary/aromatic N) is 3. The normalized spacial score (nSPS) is 11.3. The Morgan fingerprint density at radius 3 is 2.70 bits per heavy atom. The number of carbonyl (C=O) groups is 1. The van der Waals surface area contributed by atoms with Crippen LogP contribution in [-0.2, 0) is 13.1 Å². The molecule has 3 aromatic rings. The standard InChI is InChI=1S/C21H26ClN3OS/c1-4-6-12-24(21(26)19-10-7-15(3)27-19)14-20-23-17-9-8-16(22)13-18(17)25(20)11-5-2/h7-10,13H,4-6,11-12,14H2,1-3H3. The summed E-state index contributed by atoms with van der Waals surface area (Å²) >= 11 is 7.76. The quantitative estimate of drug-likeness (QED) is 0.468. The van der Waals surface area contributed by atoms with E-state index in [9.17, 15) is 4.79 Å². The minimum Gasteiger partial charge on any atom is -0.330 e. The summed E-state index contributed by atoms with van der Waals surface area (Å²) in [7, 11) is 0. The highest BCUT2D eigenvalue weighted by molar-refractivity contribution is 7.13. The predicted octanol–water partition coefficient (Wildman–Crippen LogP) is 5.91. The summed E-state index contributed by atoms with van der Waals surface area (Å²) in [6, 6.07) is 9.71. The van der Waals surface area contributed by atoms with E-state index >= 15 is 0 Å². The molecule has 0 unspecified atom stereocenters. The first-order valence-corrected chi connectivity index (χ1v) is 10.7. The number of thiophene rings is 1. The topological polar surface area (TPSA) is 38.1 Å². The number of halogens is 1. The van der Waals surface area contributed by atoms with Gasteiger partial charge in [0.1, 0.15) is 5.82 Å². The molecule has 0 fully saturated rings. The van der Waals surface area contributed by atoms with Gasteiger partial charge in [-0.05, 0) is 50.1 Å². The van der Waals surface area contributed by atoms with Crippen LogP contribution in [0.15, 0.2) is 30.3 Å². The van der Waals surface area contributed by atoms with Crippen molar-refractivity contribution < 1.29 is 4.79 Å². The molecule has 0 atom stereocenters. The van der Waals surface area contributed by atoms with E-state index in [-0.39, 0.29) is 5.91 Å². The Labute approximate surface area is 169 Å². The number of carbonyl (C=O) groups excluding carboxylic acids is 1. The van der Waals surface area contributed by atoms with E-state index in [1.165, 1.54) is 0 Å². The smallest absolute Gasteiger partial charge is 0.264 e. The predicted molar refractivity (Wildman–Crippen MR) is 114 cm³/mol. The van der Waals surface area contributed by atoms with E-state index in [0.29, 0.717) is 11.6 Å². The second-order valence-corrected chi connectivity index (χ2v) is 8.53. The Morgan fingerprint density at radius 1 is 1.22 bits per heavy atom. The van der Waals surface area contributed by atoms with E-state index in [2.05, 4.69) is 18.4 Å². The number of imidazole rings is 1. The van der Waals surface area contributed by atoms with Crippen molar-refractivity contribution in [3.05, 3.63) is 50.9 Å². The average Bonchev–Trinajstić information content (AvgIpc) is 3.22. The third-order valence-electron chi connectivity index (χ3n) is 4.59. The summed E-state index contributed by atoms with van der Waals surface area (Å²) in [5.41, 5.74) is 1.96. The number of aromatic nitrogens is 2. The molecule has 1 aromatic carbocycles. The van der Waals surface area contributed by atoms with Crippen molar-refractivity contribution in [2.24, 2.45) is 0 Å². The molecule has 1 amide bonds. The lowest BCUT2D eigenvalue weighted by Gasteiger charge is -2.22. The second-order valence-electron chi connectivity index (χ2n) is 6.80. The van der Waals surface area contributed by atoms with Crippen molar-refractivity contribution in [3.8, 4) is 0 Å². The lowest BCUT2D eigenvalue weighted by Crippen LogP contribution is -2.32. The summed E-state index contributed by atoms with van der Waals surface area (Å²) < 4.78 is 2.20. The summed E-state index contributed by atoms with van der Waals surface area (Å²) in [5, 5.41) is 0.708. The molecule has 2 aromatic heterocycles. The molecule has 4 nitrogen and oxygen atoms in total. The number of hydrogen-bond acceptors (Lipinski definition) is 3. The number of hydrogen-bond donors (Lipinski definition) is 0. The average molecular weight is 404 g/mol. The lowest BCUT2D eigenvalue weighted by molar-refractivity contribution is 0.0739. The van der Waals surface area contributed by atoms with E-state index in [1.54, 1.807) is 11.3 Å². The summed E-state index contributed by atoms with van der Waals surface area (Å²) in [6.45, 7) is 8.44. The van der Waals surface area contributed by atoms with Gasteiger partial charge >= 0.3 is 0 Å². The maximum absolute atomic E-state index is 13.1. The largest absolute Gasteiger partial charge is 0.330 e. The van der Waals surface area contributed by atoms with Gasteiger partial charge in [-0.25, -0.2) is 4.98 Å². The molecule has 0 bridgehead atoms. The van der Waals surface area contributed by atoms with Crippen LogP contribution in [0.5, 0.6) is 0 Å². The first kappa shape index (κ1) is 19.9. The van der Waals surface area contributed by atoms with Gasteiger partial charge in [0, 0.05) is 23.0 Å². The molecule has 2 heterocycles. The monoisotopic (exact) mass is 403 g/mol. The van der Waals surface area contributed by atoms with Crippen LogP contribution in [0.4, 0.5) is 0 Å². The molecule has 3 rings (SSSR count). The molecule has 0 saturated carbocycles. The molecule has 6 heteroatoms. The van der Waals surface area contributed by atoms with Crippen molar-refractivity contribution >= 4 is 39.9 Å². The maximum Gasteiger partial charge on any atom is 0.264 e. The van der Waals surface area contributed by atoms with E-state index in [4.69, 9.17) is 16.6 Å². The highest BCUT2D eigenvalue weighted by atomic mass is 35.5. The Bertz CT molecular complexity index is 931. The fourth-order valence-electron chi connectivity index (χ4n) is 3.22. The van der Waals surface area contributed by atoms with Crippen LogP contribution in [0.1, 0.15) is 53.5 Å². The van der Waals surface area contributed by atoms with Gasteiger partial charge in [0.2, 0.25) is 0 Å². The summed E-state index contributed by atoms with van der Waals surface area (Å²) in [6.07, 6.45) is 3.03. The zero-order valence-corrected chi connectivity index (χ0v) is 17.7.